The van der Waals surface area contributed by atoms with Crippen molar-refractivity contribution in [1.82, 2.24) is 4.72 Å². The van der Waals surface area contributed by atoms with Crippen LogP contribution in [0.15, 0.2) is 0 Å². The third-order valence-corrected chi connectivity index (χ3v) is 3.34. The average Bonchev–Trinajstić information content (AvgIpc) is 2.11. The summed E-state index contributed by atoms with van der Waals surface area (Å²) in [6.07, 6.45) is 2.13. The maximum atomic E-state index is 11.3. The van der Waals surface area contributed by atoms with Crippen LogP contribution in [0, 0.1) is 0 Å². The molecule has 0 heterocycles. The van der Waals surface area contributed by atoms with Crippen molar-refractivity contribution >= 4 is 10.0 Å². The van der Waals surface area contributed by atoms with Gasteiger partial charge in [0.15, 0.2) is 0 Å². The van der Waals surface area contributed by atoms with Crippen molar-refractivity contribution in [3.8, 4) is 0 Å². The van der Waals surface area contributed by atoms with Gasteiger partial charge in [-0.1, -0.05) is 20.3 Å². The van der Waals surface area contributed by atoms with Crippen molar-refractivity contribution < 1.29 is 13.5 Å². The monoisotopic (exact) mass is 209 g/mol. The highest BCUT2D eigenvalue weighted by Gasteiger charge is 2.14. The first-order valence-corrected chi connectivity index (χ1v) is 6.31. The summed E-state index contributed by atoms with van der Waals surface area (Å²) in [6.45, 7) is 3.64. The predicted molar refractivity (Wildman–Crippen MR) is 53.0 cm³/mol. The summed E-state index contributed by atoms with van der Waals surface area (Å²) < 4.78 is 25.0. The van der Waals surface area contributed by atoms with E-state index in [9.17, 15) is 8.42 Å². The largest absolute Gasteiger partial charge is 0.395 e. The minimum atomic E-state index is -3.18. The quantitative estimate of drug-likeness (QED) is 0.641. The van der Waals surface area contributed by atoms with Crippen LogP contribution in [0.4, 0.5) is 0 Å². The molecule has 0 aliphatic rings. The fraction of sp³-hybridized carbons (Fsp3) is 1.00. The number of nitrogens with one attached hydrogen (secondary N) is 1. The van der Waals surface area contributed by atoms with Crippen molar-refractivity contribution in [1.29, 1.82) is 0 Å². The molecule has 0 aromatic rings. The van der Waals surface area contributed by atoms with Gasteiger partial charge in [0.05, 0.1) is 12.4 Å². The summed E-state index contributed by atoms with van der Waals surface area (Å²) in [6, 6.07) is -0.332. The highest BCUT2D eigenvalue weighted by atomic mass is 32.2. The zero-order chi connectivity index (χ0) is 10.3. The third kappa shape index (κ3) is 6.01. The Morgan fingerprint density at radius 2 is 2.00 bits per heavy atom. The SMILES string of the molecule is CCCCS(=O)(=O)N[C@@H](CC)CO. The summed E-state index contributed by atoms with van der Waals surface area (Å²) in [5.41, 5.74) is 0. The Balaban J connectivity index is 4.00. The maximum absolute atomic E-state index is 11.3. The van der Waals surface area contributed by atoms with Crippen LogP contribution < -0.4 is 4.72 Å². The lowest BCUT2D eigenvalue weighted by Crippen LogP contribution is -2.38. The van der Waals surface area contributed by atoms with Gasteiger partial charge < -0.3 is 5.11 Å². The van der Waals surface area contributed by atoms with Crippen LogP contribution >= 0.6 is 0 Å². The third-order valence-electron chi connectivity index (χ3n) is 1.83. The summed E-state index contributed by atoms with van der Waals surface area (Å²) in [5, 5.41) is 8.79. The Bertz CT molecular complexity index is 209. The molecule has 0 bridgehead atoms. The Hall–Kier alpha value is -0.130. The lowest BCUT2D eigenvalue weighted by atomic mass is 10.3. The van der Waals surface area contributed by atoms with E-state index in [1.54, 1.807) is 0 Å². The van der Waals surface area contributed by atoms with E-state index in [0.29, 0.717) is 12.8 Å². The number of hydrogen-bond donors (Lipinski definition) is 2. The standard InChI is InChI=1S/C8H19NO3S/c1-3-5-6-13(11,12)9-8(4-2)7-10/h8-10H,3-7H2,1-2H3/t8-/m0/s1. The minimum absolute atomic E-state index is 0.137. The fourth-order valence-electron chi connectivity index (χ4n) is 0.897. The first kappa shape index (κ1) is 12.9. The molecule has 13 heavy (non-hydrogen) atoms. The van der Waals surface area contributed by atoms with E-state index in [2.05, 4.69) is 4.72 Å². The smallest absolute Gasteiger partial charge is 0.211 e. The lowest BCUT2D eigenvalue weighted by molar-refractivity contribution is 0.254. The van der Waals surface area contributed by atoms with Crippen LogP contribution in [0.2, 0.25) is 0 Å². The summed E-state index contributed by atoms with van der Waals surface area (Å²) >= 11 is 0. The van der Waals surface area contributed by atoms with Crippen molar-refractivity contribution in [2.75, 3.05) is 12.4 Å². The van der Waals surface area contributed by atoms with E-state index in [1.165, 1.54) is 0 Å². The molecule has 0 saturated carbocycles. The van der Waals surface area contributed by atoms with Gasteiger partial charge in [-0.15, -0.1) is 0 Å². The van der Waals surface area contributed by atoms with Crippen molar-refractivity contribution in [2.24, 2.45) is 0 Å². The highest BCUT2D eigenvalue weighted by Crippen LogP contribution is 1.97. The topological polar surface area (TPSA) is 66.4 Å². The molecule has 0 amide bonds. The molecule has 0 fully saturated rings. The van der Waals surface area contributed by atoms with E-state index in [-0.39, 0.29) is 18.4 Å². The van der Waals surface area contributed by atoms with Gasteiger partial charge in [-0.3, -0.25) is 0 Å². The normalized spacial score (nSPS) is 14.4. The van der Waals surface area contributed by atoms with Gasteiger partial charge in [0.2, 0.25) is 10.0 Å². The van der Waals surface area contributed by atoms with E-state index >= 15 is 0 Å². The zero-order valence-electron chi connectivity index (χ0n) is 8.28. The van der Waals surface area contributed by atoms with Crippen molar-refractivity contribution in [3.05, 3.63) is 0 Å². The number of hydrogen-bond acceptors (Lipinski definition) is 3. The van der Waals surface area contributed by atoms with Crippen LogP contribution in [0.5, 0.6) is 0 Å². The molecule has 2 N–H and O–H groups in total. The van der Waals surface area contributed by atoms with Crippen LogP contribution in [-0.2, 0) is 10.0 Å². The van der Waals surface area contributed by atoms with Crippen LogP contribution in [0.25, 0.3) is 0 Å². The summed E-state index contributed by atoms with van der Waals surface area (Å²) in [5.74, 6) is 0.153. The Morgan fingerprint density at radius 3 is 2.38 bits per heavy atom. The average molecular weight is 209 g/mol. The highest BCUT2D eigenvalue weighted by molar-refractivity contribution is 7.89. The van der Waals surface area contributed by atoms with Gasteiger partial charge in [-0.25, -0.2) is 13.1 Å². The first-order chi connectivity index (χ1) is 6.05. The molecule has 0 saturated heterocycles. The molecule has 5 heteroatoms. The van der Waals surface area contributed by atoms with Crippen LogP contribution in [0.3, 0.4) is 0 Å². The molecule has 4 nitrogen and oxygen atoms in total. The molecule has 0 aromatic heterocycles. The number of rotatable bonds is 7. The van der Waals surface area contributed by atoms with Gasteiger partial charge in [-0.05, 0) is 12.8 Å². The van der Waals surface area contributed by atoms with Crippen molar-refractivity contribution in [3.63, 3.8) is 0 Å². The molecule has 0 unspecified atom stereocenters. The predicted octanol–water partition coefficient (Wildman–Crippen LogP) is 0.477. The van der Waals surface area contributed by atoms with E-state index < -0.39 is 10.0 Å². The van der Waals surface area contributed by atoms with E-state index in [1.807, 2.05) is 13.8 Å². The Kier molecular flexibility index (Phi) is 6.28. The van der Waals surface area contributed by atoms with Gasteiger partial charge in [0.1, 0.15) is 0 Å². The molecule has 0 spiro atoms. The van der Waals surface area contributed by atoms with E-state index in [0.717, 1.165) is 6.42 Å². The van der Waals surface area contributed by atoms with Crippen LogP contribution in [0.1, 0.15) is 33.1 Å². The Morgan fingerprint density at radius 1 is 1.38 bits per heavy atom. The second kappa shape index (κ2) is 6.34. The molecule has 0 aliphatic carbocycles. The second-order valence-electron chi connectivity index (χ2n) is 3.08. The molecule has 0 radical (unpaired) electrons. The minimum Gasteiger partial charge on any atom is -0.395 e. The molecule has 80 valence electrons. The molecule has 0 rings (SSSR count). The lowest BCUT2D eigenvalue weighted by Gasteiger charge is -2.13. The molecular weight excluding hydrogens is 190 g/mol. The molecule has 1 atom stereocenters. The summed E-state index contributed by atoms with van der Waals surface area (Å²) in [4.78, 5) is 0. The molecule has 0 aliphatic heterocycles. The van der Waals surface area contributed by atoms with Crippen molar-refractivity contribution in [2.45, 2.75) is 39.2 Å². The van der Waals surface area contributed by atoms with Gasteiger partial charge >= 0.3 is 0 Å². The zero-order valence-corrected chi connectivity index (χ0v) is 9.10. The second-order valence-corrected chi connectivity index (χ2v) is 4.95. The molecular formula is C8H19NO3S. The number of unbranched alkanes of at least 4 members (excludes halogenated alkanes) is 1. The fourth-order valence-corrected chi connectivity index (χ4v) is 2.43. The van der Waals surface area contributed by atoms with Crippen LogP contribution in [-0.4, -0.2) is 31.9 Å². The van der Waals surface area contributed by atoms with Gasteiger partial charge in [-0.2, -0.15) is 0 Å². The number of aliphatic hydroxyl groups excluding tert-OH is 1. The maximum Gasteiger partial charge on any atom is 0.211 e. The summed E-state index contributed by atoms with van der Waals surface area (Å²) in [7, 11) is -3.18. The number of aliphatic hydroxyl groups is 1. The molecule has 0 aromatic carbocycles. The number of sulfonamides is 1. The van der Waals surface area contributed by atoms with Gasteiger partial charge in [0.25, 0.3) is 0 Å². The Labute approximate surface area is 80.4 Å². The van der Waals surface area contributed by atoms with E-state index in [4.69, 9.17) is 5.11 Å². The first-order valence-electron chi connectivity index (χ1n) is 4.66. The van der Waals surface area contributed by atoms with Gasteiger partial charge in [0, 0.05) is 6.04 Å².